The van der Waals surface area contributed by atoms with Crippen LogP contribution in [0.2, 0.25) is 0 Å². The van der Waals surface area contributed by atoms with Crippen LogP contribution in [0.4, 0.5) is 0 Å². The second-order valence-electron chi connectivity index (χ2n) is 2.60. The monoisotopic (exact) mass is 163 g/mol. The number of rotatable bonds is 1. The van der Waals surface area contributed by atoms with Crippen LogP contribution in [0.15, 0.2) is 12.4 Å². The number of methoxy groups -OCH3 is 1. The fourth-order valence-corrected chi connectivity index (χ4v) is 1.21. The Morgan fingerprint density at radius 1 is 1.42 bits per heavy atom. The van der Waals surface area contributed by atoms with Crippen LogP contribution in [0.3, 0.4) is 0 Å². The molecular formula is C8H9N3O. The number of aromatic amines is 1. The molecule has 0 aliphatic heterocycles. The zero-order valence-corrected chi connectivity index (χ0v) is 6.96. The average Bonchev–Trinajstić information content (AvgIpc) is 2.44. The Morgan fingerprint density at radius 3 is 3.00 bits per heavy atom. The summed E-state index contributed by atoms with van der Waals surface area (Å²) in [5, 5.41) is 0.928. The second-order valence-corrected chi connectivity index (χ2v) is 2.60. The van der Waals surface area contributed by atoms with Crippen LogP contribution >= 0.6 is 0 Å². The van der Waals surface area contributed by atoms with E-state index in [4.69, 9.17) is 4.74 Å². The van der Waals surface area contributed by atoms with Gasteiger partial charge in [-0.25, -0.2) is 9.97 Å². The first-order chi connectivity index (χ1) is 5.81. The summed E-state index contributed by atoms with van der Waals surface area (Å²) in [6.45, 7) is 1.97. The van der Waals surface area contributed by atoms with Gasteiger partial charge in [0.15, 0.2) is 0 Å². The minimum atomic E-state index is 0.615. The molecule has 0 spiro atoms. The SMILES string of the molecule is COc1ncnc2[nH]c(C)cc12. The molecule has 0 unspecified atom stereocenters. The molecule has 4 nitrogen and oxygen atoms in total. The molecule has 2 aromatic rings. The lowest BCUT2D eigenvalue weighted by Crippen LogP contribution is -1.88. The highest BCUT2D eigenvalue weighted by Crippen LogP contribution is 2.20. The highest BCUT2D eigenvalue weighted by molar-refractivity contribution is 5.81. The van der Waals surface area contributed by atoms with Gasteiger partial charge in [-0.1, -0.05) is 0 Å². The van der Waals surface area contributed by atoms with Crippen molar-refractivity contribution in [2.24, 2.45) is 0 Å². The first-order valence-electron chi connectivity index (χ1n) is 3.65. The van der Waals surface area contributed by atoms with Crippen LogP contribution in [0.5, 0.6) is 5.88 Å². The minimum Gasteiger partial charge on any atom is -0.480 e. The molecule has 0 bridgehead atoms. The van der Waals surface area contributed by atoms with Crippen molar-refractivity contribution in [3.05, 3.63) is 18.1 Å². The first kappa shape index (κ1) is 7.09. The zero-order chi connectivity index (χ0) is 8.55. The van der Waals surface area contributed by atoms with Crippen molar-refractivity contribution in [1.82, 2.24) is 15.0 Å². The summed E-state index contributed by atoms with van der Waals surface area (Å²) in [4.78, 5) is 11.2. The summed E-state index contributed by atoms with van der Waals surface area (Å²) in [5.74, 6) is 0.615. The molecule has 0 saturated heterocycles. The molecule has 0 aliphatic rings. The van der Waals surface area contributed by atoms with Gasteiger partial charge >= 0.3 is 0 Å². The van der Waals surface area contributed by atoms with Crippen LogP contribution < -0.4 is 4.74 Å². The molecule has 62 valence electrons. The normalized spacial score (nSPS) is 10.5. The zero-order valence-electron chi connectivity index (χ0n) is 6.96. The highest BCUT2D eigenvalue weighted by Gasteiger charge is 2.04. The Labute approximate surface area is 69.6 Å². The fraction of sp³-hybridized carbons (Fsp3) is 0.250. The van der Waals surface area contributed by atoms with Crippen molar-refractivity contribution >= 4 is 11.0 Å². The summed E-state index contributed by atoms with van der Waals surface area (Å²) in [5.41, 5.74) is 1.88. The standard InChI is InChI=1S/C8H9N3O/c1-5-3-6-7(11-5)9-4-10-8(6)12-2/h3-4H,1-2H3,(H,9,10,11). The van der Waals surface area contributed by atoms with Crippen LogP contribution in [-0.2, 0) is 0 Å². The fourth-order valence-electron chi connectivity index (χ4n) is 1.21. The molecule has 1 N–H and O–H groups in total. The quantitative estimate of drug-likeness (QED) is 0.688. The third-order valence-corrected chi connectivity index (χ3v) is 1.72. The van der Waals surface area contributed by atoms with E-state index in [-0.39, 0.29) is 0 Å². The van der Waals surface area contributed by atoms with E-state index < -0.39 is 0 Å². The maximum atomic E-state index is 5.07. The second kappa shape index (κ2) is 2.48. The molecule has 0 aromatic carbocycles. The lowest BCUT2D eigenvalue weighted by atomic mass is 10.4. The number of aryl methyl sites for hydroxylation is 1. The van der Waals surface area contributed by atoms with E-state index in [2.05, 4.69) is 15.0 Å². The third kappa shape index (κ3) is 0.922. The number of nitrogens with zero attached hydrogens (tertiary/aromatic N) is 2. The van der Waals surface area contributed by atoms with Crippen molar-refractivity contribution in [3.8, 4) is 5.88 Å². The van der Waals surface area contributed by atoms with Crippen molar-refractivity contribution in [2.45, 2.75) is 6.92 Å². The highest BCUT2D eigenvalue weighted by atomic mass is 16.5. The lowest BCUT2D eigenvalue weighted by molar-refractivity contribution is 0.402. The third-order valence-electron chi connectivity index (χ3n) is 1.72. The first-order valence-corrected chi connectivity index (χ1v) is 3.65. The summed E-state index contributed by atoms with van der Waals surface area (Å²) in [6, 6.07) is 1.97. The van der Waals surface area contributed by atoms with E-state index in [9.17, 15) is 0 Å². The summed E-state index contributed by atoms with van der Waals surface area (Å²) in [7, 11) is 1.60. The van der Waals surface area contributed by atoms with Gasteiger partial charge in [0, 0.05) is 5.69 Å². The molecule has 0 aliphatic carbocycles. The van der Waals surface area contributed by atoms with Gasteiger partial charge < -0.3 is 9.72 Å². The van der Waals surface area contributed by atoms with Crippen LogP contribution in [0.25, 0.3) is 11.0 Å². The number of aromatic nitrogens is 3. The molecule has 12 heavy (non-hydrogen) atoms. The molecule has 0 amide bonds. The van der Waals surface area contributed by atoms with Gasteiger partial charge in [0.05, 0.1) is 12.5 Å². The summed E-state index contributed by atoms with van der Waals surface area (Å²) >= 11 is 0. The molecule has 0 atom stereocenters. The van der Waals surface area contributed by atoms with Crippen LogP contribution in [0, 0.1) is 6.92 Å². The van der Waals surface area contributed by atoms with Crippen molar-refractivity contribution in [1.29, 1.82) is 0 Å². The van der Waals surface area contributed by atoms with Crippen LogP contribution in [0.1, 0.15) is 5.69 Å². The van der Waals surface area contributed by atoms with Crippen molar-refractivity contribution < 1.29 is 4.74 Å². The molecule has 4 heteroatoms. The lowest BCUT2D eigenvalue weighted by Gasteiger charge is -1.96. The van der Waals surface area contributed by atoms with Crippen LogP contribution in [-0.4, -0.2) is 22.1 Å². The number of hydrogen-bond donors (Lipinski definition) is 1. The molecule has 2 rings (SSSR count). The molecule has 2 heterocycles. The summed E-state index contributed by atoms with van der Waals surface area (Å²) < 4.78 is 5.07. The predicted molar refractivity (Wildman–Crippen MR) is 45.2 cm³/mol. The number of hydrogen-bond acceptors (Lipinski definition) is 3. The van der Waals surface area contributed by atoms with Gasteiger partial charge in [-0.05, 0) is 13.0 Å². The summed E-state index contributed by atoms with van der Waals surface area (Å²) in [6.07, 6.45) is 1.48. The predicted octanol–water partition coefficient (Wildman–Crippen LogP) is 1.27. The topological polar surface area (TPSA) is 50.8 Å². The largest absolute Gasteiger partial charge is 0.480 e. The Morgan fingerprint density at radius 2 is 2.25 bits per heavy atom. The molecule has 2 aromatic heterocycles. The Balaban J connectivity index is 2.78. The van der Waals surface area contributed by atoms with Gasteiger partial charge in [-0.3, -0.25) is 0 Å². The van der Waals surface area contributed by atoms with E-state index in [1.807, 2.05) is 13.0 Å². The Kier molecular flexibility index (Phi) is 1.46. The van der Waals surface area contributed by atoms with E-state index in [0.717, 1.165) is 16.7 Å². The molecular weight excluding hydrogens is 154 g/mol. The minimum absolute atomic E-state index is 0.615. The van der Waals surface area contributed by atoms with Gasteiger partial charge in [-0.2, -0.15) is 0 Å². The number of nitrogens with one attached hydrogen (secondary N) is 1. The van der Waals surface area contributed by atoms with Gasteiger partial charge in [0.1, 0.15) is 12.0 Å². The molecule has 0 radical (unpaired) electrons. The van der Waals surface area contributed by atoms with Crippen molar-refractivity contribution in [3.63, 3.8) is 0 Å². The van der Waals surface area contributed by atoms with Crippen molar-refractivity contribution in [2.75, 3.05) is 7.11 Å². The van der Waals surface area contributed by atoms with Gasteiger partial charge in [0.2, 0.25) is 5.88 Å². The smallest absolute Gasteiger partial charge is 0.225 e. The molecule has 0 saturated carbocycles. The Hall–Kier alpha value is -1.58. The Bertz CT molecular complexity index is 408. The van der Waals surface area contributed by atoms with Gasteiger partial charge in [0.25, 0.3) is 0 Å². The number of fused-ring (bicyclic) bond motifs is 1. The van der Waals surface area contributed by atoms with E-state index in [0.29, 0.717) is 5.88 Å². The average molecular weight is 163 g/mol. The van der Waals surface area contributed by atoms with E-state index in [1.54, 1.807) is 7.11 Å². The maximum absolute atomic E-state index is 5.07. The number of H-pyrrole nitrogens is 1. The molecule has 0 fully saturated rings. The van der Waals surface area contributed by atoms with Gasteiger partial charge in [-0.15, -0.1) is 0 Å². The maximum Gasteiger partial charge on any atom is 0.225 e. The number of ether oxygens (including phenoxy) is 1. The van der Waals surface area contributed by atoms with E-state index in [1.165, 1.54) is 6.33 Å². The van der Waals surface area contributed by atoms with E-state index >= 15 is 0 Å².